The second kappa shape index (κ2) is 7.35. The lowest BCUT2D eigenvalue weighted by molar-refractivity contribution is -0.115. The van der Waals surface area contributed by atoms with E-state index in [1.54, 1.807) is 31.2 Å². The summed E-state index contributed by atoms with van der Waals surface area (Å²) in [7, 11) is 0. The summed E-state index contributed by atoms with van der Waals surface area (Å²) in [6.45, 7) is 3.77. The molecule has 0 unspecified atom stereocenters. The van der Waals surface area contributed by atoms with Crippen molar-refractivity contribution in [3.05, 3.63) is 54.1 Å². The van der Waals surface area contributed by atoms with E-state index in [0.717, 1.165) is 11.3 Å². The maximum atomic E-state index is 12.4. The minimum absolute atomic E-state index is 0.129. The first-order valence-electron chi connectivity index (χ1n) is 7.65. The summed E-state index contributed by atoms with van der Waals surface area (Å²) in [5.74, 6) is 0.0350. The normalized spacial score (nSPS) is 11.9. The van der Waals surface area contributed by atoms with E-state index in [0.29, 0.717) is 10.8 Å². The van der Waals surface area contributed by atoms with Crippen LogP contribution in [0, 0.1) is 6.92 Å². The number of hydrogen-bond donors (Lipinski definition) is 2. The molecular formula is C17H17N5O2S. The van der Waals surface area contributed by atoms with Gasteiger partial charge in [0.2, 0.25) is 11.1 Å². The van der Waals surface area contributed by atoms with Gasteiger partial charge in [0.1, 0.15) is 5.75 Å². The van der Waals surface area contributed by atoms with Crippen molar-refractivity contribution in [3.8, 4) is 11.4 Å². The fourth-order valence-electron chi connectivity index (χ4n) is 2.19. The molecule has 2 N–H and O–H groups in total. The highest BCUT2D eigenvalue weighted by molar-refractivity contribution is 8.00. The van der Waals surface area contributed by atoms with Crippen LogP contribution in [-0.4, -0.2) is 36.5 Å². The molecule has 3 aromatic rings. The number of carbonyl (C=O) groups excluding carboxylic acids is 1. The molecule has 0 saturated carbocycles. The van der Waals surface area contributed by atoms with Gasteiger partial charge in [0.25, 0.3) is 0 Å². The molecule has 0 aliphatic rings. The molecule has 8 heteroatoms. The van der Waals surface area contributed by atoms with Crippen LogP contribution in [0.5, 0.6) is 5.75 Å². The van der Waals surface area contributed by atoms with Crippen molar-refractivity contribution in [1.82, 2.24) is 20.2 Å². The van der Waals surface area contributed by atoms with E-state index in [2.05, 4.69) is 20.8 Å². The SMILES string of the molecule is Cc1cccc(NC(=O)[C@@H](C)Sc2nnnn2-c2ccc(O)cc2)c1. The van der Waals surface area contributed by atoms with Crippen LogP contribution in [0.15, 0.2) is 53.7 Å². The van der Waals surface area contributed by atoms with Gasteiger partial charge in [-0.3, -0.25) is 4.79 Å². The predicted octanol–water partition coefficient (Wildman–Crippen LogP) is 2.80. The predicted molar refractivity (Wildman–Crippen MR) is 95.9 cm³/mol. The van der Waals surface area contributed by atoms with Crippen molar-refractivity contribution < 1.29 is 9.90 Å². The number of nitrogens with one attached hydrogen (secondary N) is 1. The van der Waals surface area contributed by atoms with Gasteiger partial charge in [0, 0.05) is 5.69 Å². The van der Waals surface area contributed by atoms with E-state index in [4.69, 9.17) is 0 Å². The number of carbonyl (C=O) groups is 1. The molecule has 0 aliphatic heterocycles. The fourth-order valence-corrected chi connectivity index (χ4v) is 2.99. The molecule has 0 radical (unpaired) electrons. The molecule has 7 nitrogen and oxygen atoms in total. The summed E-state index contributed by atoms with van der Waals surface area (Å²) in [4.78, 5) is 12.4. The van der Waals surface area contributed by atoms with Crippen LogP contribution in [0.1, 0.15) is 12.5 Å². The van der Waals surface area contributed by atoms with Crippen LogP contribution in [0.2, 0.25) is 0 Å². The summed E-state index contributed by atoms with van der Waals surface area (Å²) in [6.07, 6.45) is 0. The monoisotopic (exact) mass is 355 g/mol. The molecule has 0 saturated heterocycles. The molecule has 2 aromatic carbocycles. The molecule has 1 heterocycles. The number of rotatable bonds is 5. The summed E-state index contributed by atoms with van der Waals surface area (Å²) >= 11 is 1.26. The zero-order chi connectivity index (χ0) is 17.8. The van der Waals surface area contributed by atoms with Crippen LogP contribution in [0.4, 0.5) is 5.69 Å². The molecule has 1 atom stereocenters. The lowest BCUT2D eigenvalue weighted by Crippen LogP contribution is -2.23. The van der Waals surface area contributed by atoms with Gasteiger partial charge < -0.3 is 10.4 Å². The first-order chi connectivity index (χ1) is 12.0. The van der Waals surface area contributed by atoms with Crippen LogP contribution in [0.25, 0.3) is 5.69 Å². The van der Waals surface area contributed by atoms with Crippen molar-refractivity contribution in [2.75, 3.05) is 5.32 Å². The highest BCUT2D eigenvalue weighted by atomic mass is 32.2. The lowest BCUT2D eigenvalue weighted by Gasteiger charge is -2.12. The van der Waals surface area contributed by atoms with E-state index in [9.17, 15) is 9.90 Å². The van der Waals surface area contributed by atoms with Gasteiger partial charge in [0.05, 0.1) is 10.9 Å². The zero-order valence-corrected chi connectivity index (χ0v) is 14.6. The molecule has 1 amide bonds. The number of anilines is 1. The number of hydrogen-bond acceptors (Lipinski definition) is 6. The Morgan fingerprint density at radius 2 is 2.00 bits per heavy atom. The highest BCUT2D eigenvalue weighted by Gasteiger charge is 2.19. The summed E-state index contributed by atoms with van der Waals surface area (Å²) in [6, 6.07) is 14.1. The number of aromatic nitrogens is 4. The van der Waals surface area contributed by atoms with Crippen LogP contribution >= 0.6 is 11.8 Å². The Morgan fingerprint density at radius 3 is 2.72 bits per heavy atom. The van der Waals surface area contributed by atoms with E-state index in [-0.39, 0.29) is 16.9 Å². The number of aromatic hydroxyl groups is 1. The molecule has 0 bridgehead atoms. The van der Waals surface area contributed by atoms with Gasteiger partial charge in [-0.15, -0.1) is 5.10 Å². The summed E-state index contributed by atoms with van der Waals surface area (Å²) in [5.41, 5.74) is 2.54. The summed E-state index contributed by atoms with van der Waals surface area (Å²) in [5, 5.41) is 24.0. The highest BCUT2D eigenvalue weighted by Crippen LogP contribution is 2.24. The number of tetrazole rings is 1. The Kier molecular flexibility index (Phi) is 4.99. The Morgan fingerprint density at radius 1 is 1.24 bits per heavy atom. The lowest BCUT2D eigenvalue weighted by atomic mass is 10.2. The minimum atomic E-state index is -0.387. The van der Waals surface area contributed by atoms with Gasteiger partial charge in [-0.1, -0.05) is 23.9 Å². The molecular weight excluding hydrogens is 338 g/mol. The van der Waals surface area contributed by atoms with Gasteiger partial charge in [0.15, 0.2) is 0 Å². The van der Waals surface area contributed by atoms with Crippen molar-refractivity contribution >= 4 is 23.4 Å². The van der Waals surface area contributed by atoms with Crippen LogP contribution < -0.4 is 5.32 Å². The third kappa shape index (κ3) is 4.16. The number of phenols is 1. The molecule has 3 rings (SSSR count). The molecule has 0 fully saturated rings. The Hall–Kier alpha value is -2.87. The first kappa shape index (κ1) is 17.0. The van der Waals surface area contributed by atoms with E-state index in [1.807, 2.05) is 31.2 Å². The Labute approximate surface area is 149 Å². The first-order valence-corrected chi connectivity index (χ1v) is 8.53. The minimum Gasteiger partial charge on any atom is -0.508 e. The largest absolute Gasteiger partial charge is 0.508 e. The van der Waals surface area contributed by atoms with E-state index < -0.39 is 0 Å². The molecule has 0 spiro atoms. The maximum Gasteiger partial charge on any atom is 0.237 e. The zero-order valence-electron chi connectivity index (χ0n) is 13.7. The average molecular weight is 355 g/mol. The third-order valence-corrected chi connectivity index (χ3v) is 4.51. The van der Waals surface area contributed by atoms with Crippen LogP contribution in [-0.2, 0) is 4.79 Å². The van der Waals surface area contributed by atoms with Crippen molar-refractivity contribution in [3.63, 3.8) is 0 Å². The van der Waals surface area contributed by atoms with Crippen LogP contribution in [0.3, 0.4) is 0 Å². The number of amides is 1. The van der Waals surface area contributed by atoms with E-state index >= 15 is 0 Å². The van der Waals surface area contributed by atoms with Gasteiger partial charge in [-0.05, 0) is 66.2 Å². The maximum absolute atomic E-state index is 12.4. The molecule has 0 aliphatic carbocycles. The molecule has 25 heavy (non-hydrogen) atoms. The number of benzene rings is 2. The van der Waals surface area contributed by atoms with Crippen molar-refractivity contribution in [2.24, 2.45) is 0 Å². The number of phenolic OH excluding ortho intramolecular Hbond substituents is 1. The van der Waals surface area contributed by atoms with Gasteiger partial charge >= 0.3 is 0 Å². The molecule has 128 valence electrons. The van der Waals surface area contributed by atoms with Gasteiger partial charge in [-0.2, -0.15) is 4.68 Å². The number of aryl methyl sites for hydroxylation is 1. The molecule has 1 aromatic heterocycles. The van der Waals surface area contributed by atoms with Gasteiger partial charge in [-0.25, -0.2) is 0 Å². The Bertz CT molecular complexity index is 879. The number of nitrogens with zero attached hydrogens (tertiary/aromatic N) is 4. The number of thioether (sulfide) groups is 1. The van der Waals surface area contributed by atoms with Crippen molar-refractivity contribution in [1.29, 1.82) is 0 Å². The fraction of sp³-hybridized carbons (Fsp3) is 0.176. The average Bonchev–Trinajstić information content (AvgIpc) is 3.03. The van der Waals surface area contributed by atoms with E-state index in [1.165, 1.54) is 16.4 Å². The van der Waals surface area contributed by atoms with Crippen molar-refractivity contribution in [2.45, 2.75) is 24.3 Å². The third-order valence-electron chi connectivity index (χ3n) is 3.47. The second-order valence-corrected chi connectivity index (χ2v) is 6.82. The topological polar surface area (TPSA) is 92.9 Å². The standard InChI is InChI=1S/C17H17N5O2S/c1-11-4-3-5-13(10-11)18-16(24)12(2)25-17-19-20-21-22(17)14-6-8-15(23)9-7-14/h3-10,12,23H,1-2H3,(H,18,24)/t12-/m1/s1. The smallest absolute Gasteiger partial charge is 0.237 e. The second-order valence-electron chi connectivity index (χ2n) is 5.51. The quantitative estimate of drug-likeness (QED) is 0.684. The summed E-state index contributed by atoms with van der Waals surface area (Å²) < 4.78 is 1.53. The Balaban J connectivity index is 1.71.